The molecule has 1 aliphatic carbocycles. The van der Waals surface area contributed by atoms with Crippen LogP contribution in [0.2, 0.25) is 0 Å². The van der Waals surface area contributed by atoms with Gasteiger partial charge in [0.25, 0.3) is 0 Å². The van der Waals surface area contributed by atoms with Crippen LogP contribution in [0.5, 0.6) is 0 Å². The van der Waals surface area contributed by atoms with Gasteiger partial charge in [0, 0.05) is 37.0 Å². The molecule has 6 heteroatoms. The van der Waals surface area contributed by atoms with Crippen molar-refractivity contribution in [3.05, 3.63) is 10.6 Å². The largest absolute Gasteiger partial charge is 0.323 e. The van der Waals surface area contributed by atoms with Crippen LogP contribution in [-0.2, 0) is 12.8 Å². The second kappa shape index (κ2) is 10.1. The Bertz CT molecular complexity index is 611. The third-order valence-electron chi connectivity index (χ3n) is 6.22. The van der Waals surface area contributed by atoms with Crippen LogP contribution in [0.3, 0.4) is 0 Å². The summed E-state index contributed by atoms with van der Waals surface area (Å²) in [5.74, 6) is 1.33. The topological polar surface area (TPSA) is 48.5 Å². The molecule has 0 bridgehead atoms. The maximum Gasteiger partial charge on any atom is 0.323 e. The van der Waals surface area contributed by atoms with Gasteiger partial charge in [-0.3, -0.25) is 5.32 Å². The van der Waals surface area contributed by atoms with Crippen molar-refractivity contribution in [2.45, 2.75) is 78.2 Å². The van der Waals surface area contributed by atoms with E-state index in [1.807, 2.05) is 0 Å². The fourth-order valence-electron chi connectivity index (χ4n) is 4.64. The first-order chi connectivity index (χ1) is 13.5. The van der Waals surface area contributed by atoms with Crippen LogP contribution < -0.4 is 5.32 Å². The smallest absolute Gasteiger partial charge is 0.321 e. The fraction of sp³-hybridized carbons (Fsp3) is 0.818. The molecule has 2 heterocycles. The predicted octanol–water partition coefficient (Wildman–Crippen LogP) is 5.02. The monoisotopic (exact) mass is 406 g/mol. The summed E-state index contributed by atoms with van der Waals surface area (Å²) in [6, 6.07) is 0.426. The van der Waals surface area contributed by atoms with Gasteiger partial charge in [-0.25, -0.2) is 9.78 Å². The molecular formula is C22H38N4OS. The Morgan fingerprint density at radius 1 is 1.25 bits per heavy atom. The van der Waals surface area contributed by atoms with Gasteiger partial charge in [-0.1, -0.05) is 33.6 Å². The minimum atomic E-state index is 0.0497. The Hall–Kier alpha value is -1.14. The van der Waals surface area contributed by atoms with Crippen molar-refractivity contribution in [3.63, 3.8) is 0 Å². The van der Waals surface area contributed by atoms with E-state index >= 15 is 0 Å². The van der Waals surface area contributed by atoms with E-state index in [0.717, 1.165) is 56.4 Å². The molecule has 0 saturated heterocycles. The average Bonchev–Trinajstić information content (AvgIpc) is 2.96. The van der Waals surface area contributed by atoms with Crippen molar-refractivity contribution in [2.24, 2.45) is 11.8 Å². The second-order valence-electron chi connectivity index (χ2n) is 9.13. The number of rotatable bonds is 6. The number of anilines is 1. The Kier molecular flexibility index (Phi) is 7.75. The van der Waals surface area contributed by atoms with Gasteiger partial charge in [0.15, 0.2) is 5.13 Å². The third kappa shape index (κ3) is 5.69. The van der Waals surface area contributed by atoms with Crippen LogP contribution in [0.4, 0.5) is 9.93 Å². The first-order valence-electron chi connectivity index (χ1n) is 11.2. The summed E-state index contributed by atoms with van der Waals surface area (Å²) in [5.41, 5.74) is 1.18. The molecular weight excluding hydrogens is 368 g/mol. The van der Waals surface area contributed by atoms with Gasteiger partial charge >= 0.3 is 6.03 Å². The lowest BCUT2D eigenvalue weighted by molar-refractivity contribution is 0.142. The van der Waals surface area contributed by atoms with Crippen LogP contribution in [0.1, 0.15) is 69.9 Å². The highest BCUT2D eigenvalue weighted by atomic mass is 32.1. The number of likely N-dealkylation sites (N-methyl/N-ethyl adjacent to an activating group) is 1. The van der Waals surface area contributed by atoms with Gasteiger partial charge in [0.1, 0.15) is 0 Å². The van der Waals surface area contributed by atoms with E-state index in [0.29, 0.717) is 12.0 Å². The highest BCUT2D eigenvalue weighted by Gasteiger charge is 2.29. The lowest BCUT2D eigenvalue weighted by Crippen LogP contribution is -2.46. The van der Waals surface area contributed by atoms with E-state index in [9.17, 15) is 4.79 Å². The minimum Gasteiger partial charge on any atom is -0.321 e. The molecule has 1 aromatic rings. The summed E-state index contributed by atoms with van der Waals surface area (Å²) in [5, 5.41) is 3.94. The van der Waals surface area contributed by atoms with E-state index in [1.54, 1.807) is 11.3 Å². The van der Waals surface area contributed by atoms with E-state index in [1.165, 1.54) is 36.3 Å². The molecule has 158 valence electrons. The second-order valence-corrected chi connectivity index (χ2v) is 10.2. The molecule has 0 spiro atoms. The summed E-state index contributed by atoms with van der Waals surface area (Å²) >= 11 is 1.67. The van der Waals surface area contributed by atoms with Crippen LogP contribution in [-0.4, -0.2) is 53.5 Å². The molecule has 3 rings (SSSR count). The van der Waals surface area contributed by atoms with Crippen molar-refractivity contribution >= 4 is 22.5 Å². The maximum atomic E-state index is 13.2. The Balaban J connectivity index is 1.63. The standard InChI is InChI=1S/C22H38N4OS/c1-5-6-17-7-9-18(10-8-17)26(15-16(2)3)22(27)24-21-23-19-11-13-25(4)14-12-20(19)28-21/h16-18H,5-15H2,1-4H3,(H,23,24,27)/t17-,18-. The number of carbonyl (C=O) groups excluding carboxylic acids is 1. The van der Waals surface area contributed by atoms with E-state index in [-0.39, 0.29) is 6.03 Å². The molecule has 1 fully saturated rings. The highest BCUT2D eigenvalue weighted by Crippen LogP contribution is 2.32. The molecule has 0 unspecified atom stereocenters. The van der Waals surface area contributed by atoms with Gasteiger partial charge in [-0.2, -0.15) is 0 Å². The molecule has 1 aliphatic heterocycles. The van der Waals surface area contributed by atoms with Gasteiger partial charge in [-0.05, 0) is 51.0 Å². The molecule has 1 saturated carbocycles. The number of fused-ring (bicyclic) bond motifs is 1. The number of nitrogens with one attached hydrogen (secondary N) is 1. The normalized spacial score (nSPS) is 23.3. The Morgan fingerprint density at radius 3 is 2.64 bits per heavy atom. The Labute approximate surface area is 174 Å². The Morgan fingerprint density at radius 2 is 1.96 bits per heavy atom. The van der Waals surface area contributed by atoms with Crippen molar-refractivity contribution in [2.75, 3.05) is 32.0 Å². The summed E-state index contributed by atoms with van der Waals surface area (Å²) in [7, 11) is 2.16. The van der Waals surface area contributed by atoms with Crippen LogP contribution in [0.15, 0.2) is 0 Å². The molecule has 1 aromatic heterocycles. The molecule has 0 aromatic carbocycles. The zero-order valence-electron chi connectivity index (χ0n) is 18.2. The number of carbonyl (C=O) groups is 1. The first-order valence-corrected chi connectivity index (χ1v) is 12.0. The van der Waals surface area contributed by atoms with Gasteiger partial charge < -0.3 is 9.80 Å². The van der Waals surface area contributed by atoms with E-state index in [4.69, 9.17) is 4.98 Å². The lowest BCUT2D eigenvalue weighted by atomic mass is 9.83. The SMILES string of the molecule is CCC[C@H]1CC[C@H](N(CC(C)C)C(=O)Nc2nc3c(s2)CCN(C)CC3)CC1. The summed E-state index contributed by atoms with van der Waals surface area (Å²) < 4.78 is 0. The lowest BCUT2D eigenvalue weighted by Gasteiger charge is -2.37. The van der Waals surface area contributed by atoms with Crippen molar-refractivity contribution in [1.29, 1.82) is 0 Å². The third-order valence-corrected chi connectivity index (χ3v) is 7.29. The highest BCUT2D eigenvalue weighted by molar-refractivity contribution is 7.15. The minimum absolute atomic E-state index is 0.0497. The number of hydrogen-bond acceptors (Lipinski definition) is 4. The van der Waals surface area contributed by atoms with Crippen molar-refractivity contribution in [3.8, 4) is 0 Å². The van der Waals surface area contributed by atoms with E-state index in [2.05, 4.69) is 42.9 Å². The molecule has 0 atom stereocenters. The number of nitrogens with zero attached hydrogens (tertiary/aromatic N) is 3. The van der Waals surface area contributed by atoms with Gasteiger partial charge in [-0.15, -0.1) is 11.3 Å². The average molecular weight is 407 g/mol. The summed E-state index contributed by atoms with van der Waals surface area (Å²) in [6.45, 7) is 9.62. The molecule has 1 N–H and O–H groups in total. The zero-order chi connectivity index (χ0) is 20.1. The number of aromatic nitrogens is 1. The van der Waals surface area contributed by atoms with Crippen LogP contribution in [0, 0.1) is 11.8 Å². The zero-order valence-corrected chi connectivity index (χ0v) is 19.0. The molecule has 2 amide bonds. The molecule has 5 nitrogen and oxygen atoms in total. The molecule has 0 radical (unpaired) electrons. The molecule has 2 aliphatic rings. The number of amides is 2. The predicted molar refractivity (Wildman–Crippen MR) is 118 cm³/mol. The number of urea groups is 1. The van der Waals surface area contributed by atoms with Gasteiger partial charge in [0.2, 0.25) is 0 Å². The van der Waals surface area contributed by atoms with Crippen molar-refractivity contribution < 1.29 is 4.79 Å². The quantitative estimate of drug-likeness (QED) is 0.721. The molecule has 28 heavy (non-hydrogen) atoms. The van der Waals surface area contributed by atoms with Gasteiger partial charge in [0.05, 0.1) is 5.69 Å². The van der Waals surface area contributed by atoms with E-state index < -0.39 is 0 Å². The van der Waals surface area contributed by atoms with Crippen LogP contribution in [0.25, 0.3) is 0 Å². The fourth-order valence-corrected chi connectivity index (χ4v) is 5.62. The van der Waals surface area contributed by atoms with Crippen molar-refractivity contribution in [1.82, 2.24) is 14.8 Å². The summed E-state index contributed by atoms with van der Waals surface area (Å²) in [4.78, 5) is 23.7. The first kappa shape index (κ1) is 21.6. The van der Waals surface area contributed by atoms with Crippen LogP contribution >= 0.6 is 11.3 Å². The summed E-state index contributed by atoms with van der Waals surface area (Å²) in [6.07, 6.45) is 9.45. The number of thiazole rings is 1. The number of hydrogen-bond donors (Lipinski definition) is 1. The maximum absolute atomic E-state index is 13.2.